The fourth-order valence-corrected chi connectivity index (χ4v) is 5.53. The molecule has 4 rings (SSSR count). The number of nitrogens with zero attached hydrogens (tertiary/aromatic N) is 1. The quantitative estimate of drug-likeness (QED) is 0.562. The summed E-state index contributed by atoms with van der Waals surface area (Å²) >= 11 is 3.46. The van der Waals surface area contributed by atoms with E-state index in [1.165, 1.54) is 19.1 Å². The van der Waals surface area contributed by atoms with Gasteiger partial charge in [-0.2, -0.15) is 0 Å². The number of sulfonamides is 1. The molecule has 178 valence electrons. The van der Waals surface area contributed by atoms with Crippen molar-refractivity contribution in [1.29, 1.82) is 0 Å². The molecule has 0 spiro atoms. The van der Waals surface area contributed by atoms with Gasteiger partial charge in [0.2, 0.25) is 15.9 Å². The van der Waals surface area contributed by atoms with Crippen molar-refractivity contribution in [1.82, 2.24) is 9.62 Å². The lowest BCUT2D eigenvalue weighted by molar-refractivity contribution is -0.114. The van der Waals surface area contributed by atoms with Gasteiger partial charge in [-0.05, 0) is 74.3 Å². The molecule has 0 aromatic heterocycles. The number of fused-ring (bicyclic) bond motifs is 1. The summed E-state index contributed by atoms with van der Waals surface area (Å²) in [7, 11) is -3.59. The lowest BCUT2D eigenvalue weighted by atomic mass is 9.97. The summed E-state index contributed by atoms with van der Waals surface area (Å²) in [6, 6.07) is 11.9. The molecule has 33 heavy (non-hydrogen) atoms. The van der Waals surface area contributed by atoms with E-state index in [-0.39, 0.29) is 22.8 Å². The van der Waals surface area contributed by atoms with Crippen LogP contribution >= 0.6 is 15.9 Å². The fourth-order valence-electron chi connectivity index (χ4n) is 4.07. The smallest absolute Gasteiger partial charge is 0.240 e. The normalized spacial score (nSPS) is 19.3. The lowest BCUT2D eigenvalue weighted by Crippen LogP contribution is -2.45. The van der Waals surface area contributed by atoms with Gasteiger partial charge in [-0.15, -0.1) is 0 Å². The van der Waals surface area contributed by atoms with E-state index in [4.69, 9.17) is 9.47 Å². The number of hydrogen-bond acceptors (Lipinski definition) is 6. The van der Waals surface area contributed by atoms with Gasteiger partial charge in [-0.3, -0.25) is 9.69 Å². The lowest BCUT2D eigenvalue weighted by Gasteiger charge is -2.35. The minimum absolute atomic E-state index is 0.0256. The van der Waals surface area contributed by atoms with Crippen LogP contribution in [0, 0.1) is 5.92 Å². The van der Waals surface area contributed by atoms with Crippen molar-refractivity contribution >= 4 is 37.5 Å². The third-order valence-corrected chi connectivity index (χ3v) is 7.77. The van der Waals surface area contributed by atoms with Gasteiger partial charge >= 0.3 is 0 Å². The first-order valence-corrected chi connectivity index (χ1v) is 13.2. The van der Waals surface area contributed by atoms with Crippen LogP contribution in [-0.4, -0.2) is 58.1 Å². The summed E-state index contributed by atoms with van der Waals surface area (Å²) in [4.78, 5) is 13.6. The van der Waals surface area contributed by atoms with Crippen molar-refractivity contribution in [3.05, 3.63) is 46.9 Å². The molecule has 2 aliphatic rings. The number of benzene rings is 2. The number of anilines is 1. The molecule has 0 aliphatic carbocycles. The Morgan fingerprint density at radius 1 is 1.12 bits per heavy atom. The Morgan fingerprint density at radius 3 is 2.55 bits per heavy atom. The van der Waals surface area contributed by atoms with E-state index >= 15 is 0 Å². The average Bonchev–Trinajstić information content (AvgIpc) is 2.78. The Bertz CT molecular complexity index is 1090. The van der Waals surface area contributed by atoms with Gasteiger partial charge in [-0.1, -0.05) is 15.9 Å². The Kier molecular flexibility index (Phi) is 7.58. The van der Waals surface area contributed by atoms with Gasteiger partial charge in [0.1, 0.15) is 12.7 Å². The Morgan fingerprint density at radius 2 is 1.85 bits per heavy atom. The van der Waals surface area contributed by atoms with Gasteiger partial charge < -0.3 is 14.8 Å². The van der Waals surface area contributed by atoms with Crippen molar-refractivity contribution in [3.63, 3.8) is 0 Å². The maximum absolute atomic E-state index is 12.6. The molecule has 2 aliphatic heterocycles. The highest BCUT2D eigenvalue weighted by Gasteiger charge is 2.27. The monoisotopic (exact) mass is 537 g/mol. The molecule has 1 atom stereocenters. The van der Waals surface area contributed by atoms with Gasteiger partial charge in [-0.25, -0.2) is 13.1 Å². The van der Waals surface area contributed by atoms with E-state index in [0.717, 1.165) is 48.4 Å². The van der Waals surface area contributed by atoms with Gasteiger partial charge in [0, 0.05) is 30.2 Å². The van der Waals surface area contributed by atoms with E-state index in [1.807, 2.05) is 18.2 Å². The van der Waals surface area contributed by atoms with Crippen molar-refractivity contribution < 1.29 is 22.7 Å². The molecule has 2 N–H and O–H groups in total. The number of hydrogen-bond donors (Lipinski definition) is 2. The first-order chi connectivity index (χ1) is 15.8. The maximum Gasteiger partial charge on any atom is 0.240 e. The number of carbonyl (C=O) groups is 1. The van der Waals surface area contributed by atoms with Crippen molar-refractivity contribution in [2.75, 3.05) is 38.1 Å². The first-order valence-electron chi connectivity index (χ1n) is 11.0. The molecular weight excluding hydrogens is 510 g/mol. The molecule has 0 bridgehead atoms. The summed E-state index contributed by atoms with van der Waals surface area (Å²) in [6.45, 7) is 4.91. The fraction of sp³-hybridized carbons (Fsp3) is 0.435. The molecule has 0 saturated carbocycles. The number of piperidine rings is 1. The molecule has 0 radical (unpaired) electrons. The Labute approximate surface area is 202 Å². The largest absolute Gasteiger partial charge is 0.486 e. The standard InChI is InChI=1S/C23H28BrN3O5S/c1-16(28)26-19-3-5-21(6-4-19)33(29,30)25-13-17-8-10-27(11-9-17)14-20-15-31-22-7-2-18(24)12-23(22)32-20/h2-7,12,17,20,25H,8-11,13-15H2,1H3,(H,26,28)/t20-/m0/s1. The summed E-state index contributed by atoms with van der Waals surface area (Å²) in [5.74, 6) is 1.62. The van der Waals surface area contributed by atoms with Crippen LogP contribution in [-0.2, 0) is 14.8 Å². The molecular formula is C23H28BrN3O5S. The molecule has 10 heteroatoms. The Balaban J connectivity index is 1.22. The highest BCUT2D eigenvalue weighted by Crippen LogP contribution is 2.34. The number of amides is 1. The average molecular weight is 538 g/mol. The highest BCUT2D eigenvalue weighted by atomic mass is 79.9. The molecule has 1 amide bonds. The predicted octanol–water partition coefficient (Wildman–Crippen LogP) is 3.24. The summed E-state index contributed by atoms with van der Waals surface area (Å²) in [6.07, 6.45) is 1.81. The van der Waals surface area contributed by atoms with E-state index < -0.39 is 10.0 Å². The third kappa shape index (κ3) is 6.47. The third-order valence-electron chi connectivity index (χ3n) is 5.84. The molecule has 1 fully saturated rings. The van der Waals surface area contributed by atoms with Crippen LogP contribution < -0.4 is 19.5 Å². The molecule has 2 aromatic rings. The van der Waals surface area contributed by atoms with Gasteiger partial charge in [0.15, 0.2) is 11.5 Å². The van der Waals surface area contributed by atoms with Crippen LogP contribution in [0.15, 0.2) is 51.8 Å². The van der Waals surface area contributed by atoms with Gasteiger partial charge in [0.05, 0.1) is 4.90 Å². The molecule has 2 heterocycles. The van der Waals surface area contributed by atoms with Crippen molar-refractivity contribution in [2.45, 2.75) is 30.8 Å². The Hall–Kier alpha value is -2.14. The number of halogens is 1. The van der Waals surface area contributed by atoms with Crippen LogP contribution in [0.25, 0.3) is 0 Å². The zero-order chi connectivity index (χ0) is 23.4. The topological polar surface area (TPSA) is 97.0 Å². The zero-order valence-electron chi connectivity index (χ0n) is 18.4. The number of ether oxygens (including phenoxy) is 2. The minimum atomic E-state index is -3.59. The van der Waals surface area contributed by atoms with Crippen LogP contribution in [0.2, 0.25) is 0 Å². The second-order valence-electron chi connectivity index (χ2n) is 8.44. The van der Waals surface area contributed by atoms with Crippen molar-refractivity contribution in [3.8, 4) is 11.5 Å². The van der Waals surface area contributed by atoms with Crippen LogP contribution in [0.1, 0.15) is 19.8 Å². The number of nitrogens with one attached hydrogen (secondary N) is 2. The van der Waals surface area contributed by atoms with E-state index in [2.05, 4.69) is 30.9 Å². The molecule has 0 unspecified atom stereocenters. The zero-order valence-corrected chi connectivity index (χ0v) is 20.8. The van der Waals surface area contributed by atoms with E-state index in [0.29, 0.717) is 18.8 Å². The number of carbonyl (C=O) groups excluding carboxylic acids is 1. The van der Waals surface area contributed by atoms with E-state index in [1.54, 1.807) is 12.1 Å². The minimum Gasteiger partial charge on any atom is -0.486 e. The van der Waals surface area contributed by atoms with E-state index in [9.17, 15) is 13.2 Å². The molecule has 8 nitrogen and oxygen atoms in total. The summed E-state index contributed by atoms with van der Waals surface area (Å²) in [5, 5.41) is 2.63. The predicted molar refractivity (Wildman–Crippen MR) is 129 cm³/mol. The highest BCUT2D eigenvalue weighted by molar-refractivity contribution is 9.10. The first kappa shape index (κ1) is 24.0. The molecule has 1 saturated heterocycles. The number of rotatable bonds is 7. The summed E-state index contributed by atoms with van der Waals surface area (Å²) < 4.78 is 40.9. The van der Waals surface area contributed by atoms with Gasteiger partial charge in [0.25, 0.3) is 0 Å². The van der Waals surface area contributed by atoms with Crippen molar-refractivity contribution in [2.24, 2.45) is 5.92 Å². The second-order valence-corrected chi connectivity index (χ2v) is 11.1. The maximum atomic E-state index is 12.6. The molecule has 2 aromatic carbocycles. The van der Waals surface area contributed by atoms with Crippen LogP contribution in [0.3, 0.4) is 0 Å². The number of likely N-dealkylation sites (tertiary alicyclic amines) is 1. The SMILES string of the molecule is CC(=O)Nc1ccc(S(=O)(=O)NCC2CCN(C[C@H]3COc4ccc(Br)cc4O3)CC2)cc1. The van der Waals surface area contributed by atoms with Crippen LogP contribution in [0.5, 0.6) is 11.5 Å². The summed E-state index contributed by atoms with van der Waals surface area (Å²) in [5.41, 5.74) is 0.567. The van der Waals surface area contributed by atoms with Crippen LogP contribution in [0.4, 0.5) is 5.69 Å². The second kappa shape index (κ2) is 10.4.